The van der Waals surface area contributed by atoms with Gasteiger partial charge in [-0.25, -0.2) is 4.79 Å². The Morgan fingerprint density at radius 2 is 2.00 bits per heavy atom. The summed E-state index contributed by atoms with van der Waals surface area (Å²) in [5.74, 6) is -1.30. The van der Waals surface area contributed by atoms with Crippen LogP contribution in [0.15, 0.2) is 34.8 Å². The summed E-state index contributed by atoms with van der Waals surface area (Å²) >= 11 is 3.42. The number of hydrogen-bond acceptors (Lipinski definition) is 3. The van der Waals surface area contributed by atoms with Crippen molar-refractivity contribution >= 4 is 27.8 Å². The van der Waals surface area contributed by atoms with E-state index in [0.29, 0.717) is 23.1 Å². The molecule has 1 unspecified atom stereocenters. The van der Waals surface area contributed by atoms with Crippen molar-refractivity contribution in [3.63, 3.8) is 0 Å². The first-order valence-corrected chi connectivity index (χ1v) is 8.22. The summed E-state index contributed by atoms with van der Waals surface area (Å²) in [7, 11) is 0. The molecule has 0 spiro atoms. The normalized spacial score (nSPS) is 18.0. The zero-order valence-electron chi connectivity index (χ0n) is 12.3. The van der Waals surface area contributed by atoms with Crippen LogP contribution in [-0.4, -0.2) is 44.7 Å². The fourth-order valence-corrected chi connectivity index (χ4v) is 3.41. The third kappa shape index (κ3) is 3.01. The molecule has 1 aromatic heterocycles. The topological polar surface area (TPSA) is 86.3 Å². The Kier molecular flexibility index (Phi) is 4.47. The second-order valence-corrected chi connectivity index (χ2v) is 6.27. The molecule has 0 aliphatic carbocycles. The lowest BCUT2D eigenvalue weighted by molar-refractivity contribution is -0.143. The quantitative estimate of drug-likeness (QED) is 0.860. The van der Waals surface area contributed by atoms with Crippen LogP contribution < -0.4 is 0 Å². The van der Waals surface area contributed by atoms with Gasteiger partial charge in [-0.2, -0.15) is 5.10 Å². The molecule has 1 aromatic carbocycles. The number of carboxylic acid groups (broad SMARTS) is 1. The van der Waals surface area contributed by atoms with Crippen LogP contribution in [0.25, 0.3) is 11.3 Å². The lowest BCUT2D eigenvalue weighted by Crippen LogP contribution is -2.48. The molecule has 2 aromatic rings. The van der Waals surface area contributed by atoms with E-state index in [1.165, 1.54) is 4.90 Å². The van der Waals surface area contributed by atoms with Crippen molar-refractivity contribution in [3.8, 4) is 11.3 Å². The maximum Gasteiger partial charge on any atom is 0.326 e. The number of carbonyl (C=O) groups is 2. The Morgan fingerprint density at radius 3 is 2.70 bits per heavy atom. The maximum atomic E-state index is 12.7. The largest absolute Gasteiger partial charge is 0.480 e. The molecule has 23 heavy (non-hydrogen) atoms. The number of aromatic nitrogens is 2. The zero-order chi connectivity index (χ0) is 16.4. The minimum Gasteiger partial charge on any atom is -0.480 e. The van der Waals surface area contributed by atoms with Crippen LogP contribution in [0.2, 0.25) is 0 Å². The smallest absolute Gasteiger partial charge is 0.326 e. The van der Waals surface area contributed by atoms with Gasteiger partial charge in [-0.1, -0.05) is 30.3 Å². The van der Waals surface area contributed by atoms with Gasteiger partial charge in [0, 0.05) is 12.1 Å². The Balaban J connectivity index is 1.91. The minimum absolute atomic E-state index is 0.289. The van der Waals surface area contributed by atoms with Crippen LogP contribution in [0.4, 0.5) is 0 Å². The summed E-state index contributed by atoms with van der Waals surface area (Å²) in [5, 5.41) is 16.3. The standard InChI is InChI=1S/C16H16BrN3O3/c17-12-13(10-6-2-1-3-7-10)18-19-14(12)15(21)20-9-5-4-8-11(20)16(22)23/h1-3,6-7,11H,4-5,8-9H2,(H,18,19)(H,22,23). The van der Waals surface area contributed by atoms with Gasteiger partial charge >= 0.3 is 5.97 Å². The highest BCUT2D eigenvalue weighted by atomic mass is 79.9. The SMILES string of the molecule is O=C(O)C1CCCCN1C(=O)c1[nH]nc(-c2ccccc2)c1Br. The Morgan fingerprint density at radius 1 is 1.26 bits per heavy atom. The number of hydrogen-bond donors (Lipinski definition) is 2. The van der Waals surface area contributed by atoms with Crippen molar-refractivity contribution in [1.29, 1.82) is 0 Å². The highest BCUT2D eigenvalue weighted by Gasteiger charge is 2.34. The number of carboxylic acids is 1. The number of H-pyrrole nitrogens is 1. The van der Waals surface area contributed by atoms with E-state index in [9.17, 15) is 14.7 Å². The number of rotatable bonds is 3. The van der Waals surface area contributed by atoms with Crippen molar-refractivity contribution < 1.29 is 14.7 Å². The van der Waals surface area contributed by atoms with E-state index in [-0.39, 0.29) is 11.6 Å². The molecule has 1 saturated heterocycles. The van der Waals surface area contributed by atoms with Gasteiger partial charge in [0.25, 0.3) is 5.91 Å². The average molecular weight is 378 g/mol. The molecule has 1 fully saturated rings. The van der Waals surface area contributed by atoms with E-state index in [0.717, 1.165) is 18.4 Å². The lowest BCUT2D eigenvalue weighted by Gasteiger charge is -2.32. The van der Waals surface area contributed by atoms with Crippen LogP contribution in [0.5, 0.6) is 0 Å². The van der Waals surface area contributed by atoms with Crippen LogP contribution in [0.3, 0.4) is 0 Å². The lowest BCUT2D eigenvalue weighted by atomic mass is 10.0. The molecule has 2 heterocycles. The summed E-state index contributed by atoms with van der Waals surface area (Å²) in [6.07, 6.45) is 2.12. The van der Waals surface area contributed by atoms with Crippen LogP contribution >= 0.6 is 15.9 Å². The van der Waals surface area contributed by atoms with E-state index in [1.807, 2.05) is 30.3 Å². The number of halogens is 1. The first kappa shape index (κ1) is 15.7. The number of carbonyl (C=O) groups excluding carboxylic acids is 1. The molecule has 0 bridgehead atoms. The van der Waals surface area contributed by atoms with Gasteiger partial charge in [0.2, 0.25) is 0 Å². The molecule has 0 saturated carbocycles. The van der Waals surface area contributed by atoms with Crippen LogP contribution in [0, 0.1) is 0 Å². The number of piperidine rings is 1. The number of benzene rings is 1. The highest BCUT2D eigenvalue weighted by Crippen LogP contribution is 2.30. The van der Waals surface area contributed by atoms with Gasteiger partial charge in [-0.3, -0.25) is 9.89 Å². The van der Waals surface area contributed by atoms with Crippen molar-refractivity contribution in [1.82, 2.24) is 15.1 Å². The number of aliphatic carboxylic acids is 1. The number of nitrogens with zero attached hydrogens (tertiary/aromatic N) is 2. The monoisotopic (exact) mass is 377 g/mol. The maximum absolute atomic E-state index is 12.7. The van der Waals surface area contributed by atoms with Gasteiger partial charge in [0.1, 0.15) is 17.4 Å². The number of aromatic amines is 1. The first-order chi connectivity index (χ1) is 11.1. The van der Waals surface area contributed by atoms with Gasteiger partial charge in [0.15, 0.2) is 0 Å². The minimum atomic E-state index is -0.961. The molecule has 120 valence electrons. The molecular weight excluding hydrogens is 362 g/mol. The Bertz CT molecular complexity index is 729. The highest BCUT2D eigenvalue weighted by molar-refractivity contribution is 9.10. The first-order valence-electron chi connectivity index (χ1n) is 7.42. The molecule has 6 nitrogen and oxygen atoms in total. The summed E-state index contributed by atoms with van der Waals surface area (Å²) in [6, 6.07) is 8.71. The number of nitrogens with one attached hydrogen (secondary N) is 1. The number of amides is 1. The molecule has 1 aliphatic rings. The third-order valence-electron chi connectivity index (χ3n) is 4.02. The summed E-state index contributed by atoms with van der Waals surface area (Å²) in [4.78, 5) is 25.5. The fraction of sp³-hybridized carbons (Fsp3) is 0.312. The molecule has 7 heteroatoms. The molecule has 1 amide bonds. The Labute approximate surface area is 141 Å². The molecular formula is C16H16BrN3O3. The second kappa shape index (κ2) is 6.54. The van der Waals surface area contributed by atoms with Crippen molar-refractivity contribution in [2.45, 2.75) is 25.3 Å². The van der Waals surface area contributed by atoms with Crippen LogP contribution in [-0.2, 0) is 4.79 Å². The van der Waals surface area contributed by atoms with Gasteiger partial charge in [0.05, 0.1) is 4.47 Å². The predicted molar refractivity (Wildman–Crippen MR) is 88.0 cm³/mol. The van der Waals surface area contributed by atoms with Gasteiger partial charge < -0.3 is 10.0 Å². The second-order valence-electron chi connectivity index (χ2n) is 5.48. The molecule has 1 aliphatic heterocycles. The summed E-state index contributed by atoms with van der Waals surface area (Å²) in [6.45, 7) is 0.446. The molecule has 2 N–H and O–H groups in total. The van der Waals surface area contributed by atoms with Gasteiger partial charge in [-0.05, 0) is 35.2 Å². The van der Waals surface area contributed by atoms with E-state index in [1.54, 1.807) is 0 Å². The van der Waals surface area contributed by atoms with Gasteiger partial charge in [-0.15, -0.1) is 0 Å². The molecule has 0 radical (unpaired) electrons. The third-order valence-corrected chi connectivity index (χ3v) is 4.79. The van der Waals surface area contributed by atoms with Crippen molar-refractivity contribution in [3.05, 3.63) is 40.5 Å². The van der Waals surface area contributed by atoms with E-state index in [2.05, 4.69) is 26.1 Å². The fourth-order valence-electron chi connectivity index (χ4n) is 2.83. The average Bonchev–Trinajstić information content (AvgIpc) is 2.96. The number of likely N-dealkylation sites (tertiary alicyclic amines) is 1. The molecule has 3 rings (SSSR count). The van der Waals surface area contributed by atoms with E-state index >= 15 is 0 Å². The zero-order valence-corrected chi connectivity index (χ0v) is 13.9. The molecule has 1 atom stereocenters. The van der Waals surface area contributed by atoms with Crippen LogP contribution in [0.1, 0.15) is 29.8 Å². The summed E-state index contributed by atoms with van der Waals surface area (Å²) in [5.41, 5.74) is 1.80. The van der Waals surface area contributed by atoms with Crippen molar-refractivity contribution in [2.24, 2.45) is 0 Å². The Hall–Kier alpha value is -2.15. The summed E-state index contributed by atoms with van der Waals surface area (Å²) < 4.78 is 0.559. The van der Waals surface area contributed by atoms with E-state index < -0.39 is 12.0 Å². The van der Waals surface area contributed by atoms with E-state index in [4.69, 9.17) is 0 Å². The van der Waals surface area contributed by atoms with Crippen molar-refractivity contribution in [2.75, 3.05) is 6.54 Å². The predicted octanol–water partition coefficient (Wildman–Crippen LogP) is 2.92.